The van der Waals surface area contributed by atoms with Gasteiger partial charge in [-0.05, 0) is 43.5 Å². The lowest BCUT2D eigenvalue weighted by molar-refractivity contribution is 0.0980. The van der Waals surface area contributed by atoms with Crippen LogP contribution in [0.25, 0.3) is 0 Å². The fourth-order valence-corrected chi connectivity index (χ4v) is 4.12. The number of carbonyl (C=O) groups is 1. The Balaban J connectivity index is 2.16. The lowest BCUT2D eigenvalue weighted by Crippen LogP contribution is -2.39. The fourth-order valence-electron chi connectivity index (χ4n) is 2.63. The summed E-state index contributed by atoms with van der Waals surface area (Å²) in [7, 11) is -3.63. The molecule has 0 bridgehead atoms. The van der Waals surface area contributed by atoms with Crippen LogP contribution in [0.15, 0.2) is 18.2 Å². The van der Waals surface area contributed by atoms with Crippen molar-refractivity contribution >= 4 is 15.9 Å². The molecule has 0 spiro atoms. The number of benzene rings is 1. The number of nitrogens with one attached hydrogen (secondary N) is 1. The molecule has 21 heavy (non-hydrogen) atoms. The lowest BCUT2D eigenvalue weighted by Gasteiger charge is -2.22. The second kappa shape index (κ2) is 6.27. The lowest BCUT2D eigenvalue weighted by atomic mass is 10.0. The van der Waals surface area contributed by atoms with Gasteiger partial charge < -0.3 is 0 Å². The number of hydrogen-bond acceptors (Lipinski definition) is 4. The summed E-state index contributed by atoms with van der Waals surface area (Å²) in [6.45, 7) is 1.68. The van der Waals surface area contributed by atoms with Gasteiger partial charge in [-0.3, -0.25) is 4.79 Å². The Morgan fingerprint density at radius 2 is 1.95 bits per heavy atom. The molecule has 1 aromatic rings. The molecule has 112 valence electrons. The molecule has 0 unspecified atom stereocenters. The van der Waals surface area contributed by atoms with E-state index in [1.165, 1.54) is 12.1 Å². The van der Waals surface area contributed by atoms with Crippen LogP contribution < -0.4 is 4.72 Å². The topological polar surface area (TPSA) is 87.0 Å². The van der Waals surface area contributed by atoms with Gasteiger partial charge in [-0.25, -0.2) is 13.1 Å². The second-order valence-corrected chi connectivity index (χ2v) is 7.34. The molecule has 6 heteroatoms. The third-order valence-electron chi connectivity index (χ3n) is 3.83. The molecular formula is C15H18N2O3S. The summed E-state index contributed by atoms with van der Waals surface area (Å²) in [5.74, 6) is -0.623. The maximum atomic E-state index is 12.2. The minimum absolute atomic E-state index is 0.286. The molecule has 2 rings (SSSR count). The van der Waals surface area contributed by atoms with Gasteiger partial charge in [-0.2, -0.15) is 5.26 Å². The van der Waals surface area contributed by atoms with E-state index in [2.05, 4.69) is 4.72 Å². The first-order valence-corrected chi connectivity index (χ1v) is 8.55. The molecule has 1 aliphatic rings. The van der Waals surface area contributed by atoms with Gasteiger partial charge in [0.2, 0.25) is 10.0 Å². The van der Waals surface area contributed by atoms with Crippen LogP contribution in [0.4, 0.5) is 0 Å². The summed E-state index contributed by atoms with van der Waals surface area (Å²) in [6, 6.07) is 6.55. The van der Waals surface area contributed by atoms with Crippen LogP contribution in [0.5, 0.6) is 0 Å². The van der Waals surface area contributed by atoms with Gasteiger partial charge in [-0.15, -0.1) is 0 Å². The highest BCUT2D eigenvalue weighted by Gasteiger charge is 2.29. The maximum Gasteiger partial charge on any atom is 0.264 e. The monoisotopic (exact) mass is 306 g/mol. The third kappa shape index (κ3) is 3.61. The van der Waals surface area contributed by atoms with E-state index in [0.717, 1.165) is 19.3 Å². The minimum Gasteiger partial charge on any atom is -0.268 e. The molecule has 1 fully saturated rings. The van der Waals surface area contributed by atoms with E-state index >= 15 is 0 Å². The Kier molecular flexibility index (Phi) is 4.63. The second-order valence-electron chi connectivity index (χ2n) is 5.38. The highest BCUT2D eigenvalue weighted by atomic mass is 32.2. The molecule has 1 aromatic carbocycles. The minimum atomic E-state index is -3.63. The smallest absolute Gasteiger partial charge is 0.264 e. The molecule has 1 aliphatic carbocycles. The Hall–Kier alpha value is -1.87. The summed E-state index contributed by atoms with van der Waals surface area (Å²) < 4.78 is 26.6. The molecule has 0 aromatic heterocycles. The van der Waals surface area contributed by atoms with Crippen LogP contribution in [-0.4, -0.2) is 19.6 Å². The first-order valence-electron chi connectivity index (χ1n) is 7.01. The number of sulfonamides is 1. The number of nitriles is 1. The summed E-state index contributed by atoms with van der Waals surface area (Å²) in [4.78, 5) is 12.2. The standard InChI is InChI=1S/C15H18N2O3S/c1-11-9-12(10-16)7-8-14(11)15(18)17-21(19,20)13-5-3-2-4-6-13/h7-9,13H,2-6H2,1H3,(H,17,18). The van der Waals surface area contributed by atoms with Crippen molar-refractivity contribution in [2.24, 2.45) is 0 Å². The van der Waals surface area contributed by atoms with Gasteiger partial charge in [0, 0.05) is 5.56 Å². The highest BCUT2D eigenvalue weighted by molar-refractivity contribution is 7.90. The van der Waals surface area contributed by atoms with E-state index in [1.807, 2.05) is 6.07 Å². The van der Waals surface area contributed by atoms with Gasteiger partial charge in [0.05, 0.1) is 16.9 Å². The molecule has 0 atom stereocenters. The van der Waals surface area contributed by atoms with Crippen molar-refractivity contribution in [1.29, 1.82) is 5.26 Å². The normalized spacial score (nSPS) is 16.2. The molecule has 0 heterocycles. The van der Waals surface area contributed by atoms with Gasteiger partial charge in [-0.1, -0.05) is 19.3 Å². The van der Waals surface area contributed by atoms with E-state index < -0.39 is 21.2 Å². The zero-order valence-corrected chi connectivity index (χ0v) is 12.7. The molecule has 0 aliphatic heterocycles. The van der Waals surface area contributed by atoms with E-state index in [-0.39, 0.29) is 5.56 Å². The molecule has 0 radical (unpaired) electrons. The Labute approximate surface area is 125 Å². The largest absolute Gasteiger partial charge is 0.268 e. The van der Waals surface area contributed by atoms with Crippen molar-refractivity contribution in [3.8, 4) is 6.07 Å². The zero-order chi connectivity index (χ0) is 15.5. The van der Waals surface area contributed by atoms with Crippen molar-refractivity contribution in [3.05, 3.63) is 34.9 Å². The number of amides is 1. The third-order valence-corrected chi connectivity index (χ3v) is 5.65. The van der Waals surface area contributed by atoms with E-state index in [1.54, 1.807) is 13.0 Å². The summed E-state index contributed by atoms with van der Waals surface area (Å²) in [5.41, 5.74) is 1.32. The van der Waals surface area contributed by atoms with Crippen molar-refractivity contribution in [3.63, 3.8) is 0 Å². The Morgan fingerprint density at radius 1 is 1.29 bits per heavy atom. The fraction of sp³-hybridized carbons (Fsp3) is 0.467. The number of aryl methyl sites for hydroxylation is 1. The van der Waals surface area contributed by atoms with Gasteiger partial charge in [0.1, 0.15) is 0 Å². The molecule has 1 amide bonds. The predicted molar refractivity (Wildman–Crippen MR) is 79.2 cm³/mol. The van der Waals surface area contributed by atoms with E-state index in [9.17, 15) is 13.2 Å². The highest BCUT2D eigenvalue weighted by Crippen LogP contribution is 2.23. The van der Waals surface area contributed by atoms with Crippen LogP contribution in [0.1, 0.15) is 53.6 Å². The van der Waals surface area contributed by atoms with Crippen LogP contribution in [0.3, 0.4) is 0 Å². The number of rotatable bonds is 3. The van der Waals surface area contributed by atoms with Crippen molar-refractivity contribution in [1.82, 2.24) is 4.72 Å². The Morgan fingerprint density at radius 3 is 2.52 bits per heavy atom. The summed E-state index contributed by atoms with van der Waals surface area (Å²) in [5, 5.41) is 8.32. The van der Waals surface area contributed by atoms with Crippen molar-refractivity contribution in [2.75, 3.05) is 0 Å². The first kappa shape index (κ1) is 15.5. The average Bonchev–Trinajstić information content (AvgIpc) is 2.47. The van der Waals surface area contributed by atoms with Gasteiger partial charge in [0.15, 0.2) is 0 Å². The molecule has 0 saturated heterocycles. The average molecular weight is 306 g/mol. The van der Waals surface area contributed by atoms with Crippen molar-refractivity contribution in [2.45, 2.75) is 44.3 Å². The van der Waals surface area contributed by atoms with Gasteiger partial charge in [0.25, 0.3) is 5.91 Å². The zero-order valence-electron chi connectivity index (χ0n) is 11.9. The van der Waals surface area contributed by atoms with Crippen LogP contribution in [0, 0.1) is 18.3 Å². The molecule has 1 saturated carbocycles. The summed E-state index contributed by atoms with van der Waals surface area (Å²) >= 11 is 0. The predicted octanol–water partition coefficient (Wildman–Crippen LogP) is 2.26. The quantitative estimate of drug-likeness (QED) is 0.928. The first-order chi connectivity index (χ1) is 9.94. The number of carbonyl (C=O) groups excluding carboxylic acids is 1. The molecule has 5 nitrogen and oxygen atoms in total. The SMILES string of the molecule is Cc1cc(C#N)ccc1C(=O)NS(=O)(=O)C1CCCCC1. The van der Waals surface area contributed by atoms with Crippen LogP contribution in [0.2, 0.25) is 0 Å². The summed E-state index contributed by atoms with van der Waals surface area (Å²) in [6.07, 6.45) is 4.03. The van der Waals surface area contributed by atoms with Crippen LogP contribution >= 0.6 is 0 Å². The molecule has 1 N–H and O–H groups in total. The van der Waals surface area contributed by atoms with E-state index in [0.29, 0.717) is 24.0 Å². The number of hydrogen-bond donors (Lipinski definition) is 1. The van der Waals surface area contributed by atoms with Crippen LogP contribution in [-0.2, 0) is 10.0 Å². The van der Waals surface area contributed by atoms with E-state index in [4.69, 9.17) is 5.26 Å². The maximum absolute atomic E-state index is 12.2. The molecular weight excluding hydrogens is 288 g/mol. The number of nitrogens with zero attached hydrogens (tertiary/aromatic N) is 1. The van der Waals surface area contributed by atoms with Crippen molar-refractivity contribution < 1.29 is 13.2 Å². The van der Waals surface area contributed by atoms with Gasteiger partial charge >= 0.3 is 0 Å². The Bertz CT molecular complexity index is 683.